The lowest BCUT2D eigenvalue weighted by atomic mass is 9.97. The maximum absolute atomic E-state index is 10.5. The molecule has 0 aliphatic rings. The molecular formula is C38H25N3O. The molecule has 0 unspecified atom stereocenters. The average molecular weight is 540 g/mol. The summed E-state index contributed by atoms with van der Waals surface area (Å²) >= 11 is 0. The van der Waals surface area contributed by atoms with E-state index < -0.39 is 0 Å². The first-order chi connectivity index (χ1) is 20.8. The molecule has 2 aromatic heterocycles. The van der Waals surface area contributed by atoms with Crippen molar-refractivity contribution in [3.8, 4) is 34.3 Å². The molecule has 6 aromatic carbocycles. The number of nitrogens with zero attached hydrogens (tertiary/aromatic N) is 3. The van der Waals surface area contributed by atoms with E-state index in [1.54, 1.807) is 7.11 Å². The van der Waals surface area contributed by atoms with Gasteiger partial charge in [0.1, 0.15) is 11.8 Å². The van der Waals surface area contributed by atoms with Crippen LogP contribution in [0.25, 0.3) is 66.1 Å². The molecular weight excluding hydrogens is 514 g/mol. The number of methoxy groups -OCH3 is 1. The first kappa shape index (κ1) is 24.0. The van der Waals surface area contributed by atoms with E-state index in [0.29, 0.717) is 5.56 Å². The van der Waals surface area contributed by atoms with Crippen LogP contribution in [-0.4, -0.2) is 16.2 Å². The molecule has 0 bridgehead atoms. The van der Waals surface area contributed by atoms with Crippen LogP contribution < -0.4 is 4.74 Å². The molecule has 4 heteroatoms. The number of ether oxygens (including phenoxy) is 1. The van der Waals surface area contributed by atoms with Crippen LogP contribution in [0.2, 0.25) is 0 Å². The fraction of sp³-hybridized carbons (Fsp3) is 0.0263. The number of fused-ring (bicyclic) bond motifs is 6. The van der Waals surface area contributed by atoms with Crippen LogP contribution in [0.3, 0.4) is 0 Å². The standard InChI is InChI=1S/C38H25N3O/c1-42-36-23-11-18-31(38(36)41-34-21-8-4-15-28(34)29-16-5-9-22-35(29)41)30-17-10-12-25(24-39)37(30)40-32-19-6-2-13-26(32)27-14-3-7-20-33(27)40/h2-23H,1H3. The summed E-state index contributed by atoms with van der Waals surface area (Å²) in [7, 11) is 1.72. The third-order valence-electron chi connectivity index (χ3n) is 8.27. The van der Waals surface area contributed by atoms with Gasteiger partial charge in [0.2, 0.25) is 0 Å². The van der Waals surface area contributed by atoms with E-state index >= 15 is 0 Å². The first-order valence-corrected chi connectivity index (χ1v) is 14.0. The van der Waals surface area contributed by atoms with Crippen molar-refractivity contribution in [3.63, 3.8) is 0 Å². The molecule has 0 atom stereocenters. The predicted molar refractivity (Wildman–Crippen MR) is 172 cm³/mol. The molecule has 2 heterocycles. The van der Waals surface area contributed by atoms with Gasteiger partial charge in [-0.1, -0.05) is 97.1 Å². The minimum absolute atomic E-state index is 0.606. The van der Waals surface area contributed by atoms with E-state index in [1.807, 2.05) is 24.3 Å². The number of para-hydroxylation sites is 6. The van der Waals surface area contributed by atoms with E-state index in [-0.39, 0.29) is 0 Å². The van der Waals surface area contributed by atoms with Crippen LogP contribution in [-0.2, 0) is 0 Å². The summed E-state index contributed by atoms with van der Waals surface area (Å²) in [6.07, 6.45) is 0. The maximum Gasteiger partial charge on any atom is 0.143 e. The lowest BCUT2D eigenvalue weighted by Gasteiger charge is -2.21. The topological polar surface area (TPSA) is 42.9 Å². The van der Waals surface area contributed by atoms with Crippen molar-refractivity contribution in [2.24, 2.45) is 0 Å². The Labute approximate surface area is 242 Å². The summed E-state index contributed by atoms with van der Waals surface area (Å²) < 4.78 is 10.6. The summed E-state index contributed by atoms with van der Waals surface area (Å²) in [6, 6.07) is 48.5. The molecule has 0 saturated heterocycles. The van der Waals surface area contributed by atoms with Gasteiger partial charge < -0.3 is 13.9 Å². The molecule has 0 spiro atoms. The second-order valence-corrected chi connectivity index (χ2v) is 10.4. The van der Waals surface area contributed by atoms with Crippen molar-refractivity contribution in [2.75, 3.05) is 7.11 Å². The van der Waals surface area contributed by atoms with E-state index in [1.165, 1.54) is 10.8 Å². The highest BCUT2D eigenvalue weighted by atomic mass is 16.5. The third kappa shape index (κ3) is 3.34. The Morgan fingerprint density at radius 1 is 0.476 bits per heavy atom. The monoisotopic (exact) mass is 539 g/mol. The zero-order chi connectivity index (χ0) is 28.2. The molecule has 0 radical (unpaired) electrons. The number of aromatic nitrogens is 2. The van der Waals surface area contributed by atoms with Crippen molar-refractivity contribution in [2.45, 2.75) is 0 Å². The molecule has 198 valence electrons. The molecule has 8 aromatic rings. The third-order valence-corrected chi connectivity index (χ3v) is 8.27. The van der Waals surface area contributed by atoms with Crippen molar-refractivity contribution < 1.29 is 4.74 Å². The Balaban J connectivity index is 1.54. The number of nitriles is 1. The second-order valence-electron chi connectivity index (χ2n) is 10.4. The van der Waals surface area contributed by atoms with Gasteiger partial charge in [0.25, 0.3) is 0 Å². The molecule has 0 aliphatic carbocycles. The maximum atomic E-state index is 10.5. The summed E-state index contributed by atoms with van der Waals surface area (Å²) in [6.45, 7) is 0. The molecule has 42 heavy (non-hydrogen) atoms. The minimum atomic E-state index is 0.606. The van der Waals surface area contributed by atoms with Gasteiger partial charge in [-0.05, 0) is 36.4 Å². The van der Waals surface area contributed by atoms with Gasteiger partial charge in [0.05, 0.1) is 46.1 Å². The first-order valence-electron chi connectivity index (χ1n) is 14.0. The molecule has 0 aliphatic heterocycles. The lowest BCUT2D eigenvalue weighted by Crippen LogP contribution is -2.05. The Bertz CT molecular complexity index is 2260. The average Bonchev–Trinajstić information content (AvgIpc) is 3.57. The van der Waals surface area contributed by atoms with Crippen LogP contribution in [0.4, 0.5) is 0 Å². The SMILES string of the molecule is COc1cccc(-c2cccc(C#N)c2-n2c3ccccc3c3ccccc32)c1-n1c2ccccc2c2ccccc21. The summed E-state index contributed by atoms with van der Waals surface area (Å²) in [5.41, 5.74) is 8.65. The zero-order valence-corrected chi connectivity index (χ0v) is 23.0. The van der Waals surface area contributed by atoms with E-state index in [0.717, 1.165) is 61.1 Å². The summed E-state index contributed by atoms with van der Waals surface area (Å²) in [5, 5.41) is 15.1. The minimum Gasteiger partial charge on any atom is -0.495 e. The van der Waals surface area contributed by atoms with Gasteiger partial charge in [-0.25, -0.2) is 0 Å². The van der Waals surface area contributed by atoms with Crippen LogP contribution in [0.1, 0.15) is 5.56 Å². The predicted octanol–water partition coefficient (Wildman–Crippen LogP) is 9.43. The van der Waals surface area contributed by atoms with E-state index in [2.05, 4.69) is 124 Å². The van der Waals surface area contributed by atoms with Gasteiger partial charge in [0.15, 0.2) is 0 Å². The number of rotatable bonds is 4. The van der Waals surface area contributed by atoms with E-state index in [9.17, 15) is 5.26 Å². The Hall–Kier alpha value is -5.79. The largest absolute Gasteiger partial charge is 0.495 e. The highest BCUT2D eigenvalue weighted by Crippen LogP contribution is 2.44. The van der Waals surface area contributed by atoms with Crippen LogP contribution in [0.5, 0.6) is 5.75 Å². The second kappa shape index (κ2) is 9.40. The molecule has 4 nitrogen and oxygen atoms in total. The Kier molecular flexibility index (Phi) is 5.38. The highest BCUT2D eigenvalue weighted by molar-refractivity contribution is 6.11. The van der Waals surface area contributed by atoms with Crippen LogP contribution in [0, 0.1) is 11.3 Å². The van der Waals surface area contributed by atoms with Gasteiger partial charge in [0, 0.05) is 32.7 Å². The summed E-state index contributed by atoms with van der Waals surface area (Å²) in [5.74, 6) is 0.759. The number of hydrogen-bond donors (Lipinski definition) is 0. The van der Waals surface area contributed by atoms with Gasteiger partial charge >= 0.3 is 0 Å². The Morgan fingerprint density at radius 2 is 0.881 bits per heavy atom. The van der Waals surface area contributed by atoms with Gasteiger partial charge in [-0.2, -0.15) is 5.26 Å². The molecule has 0 N–H and O–H groups in total. The molecule has 8 rings (SSSR count). The molecule has 0 fully saturated rings. The summed E-state index contributed by atoms with van der Waals surface area (Å²) in [4.78, 5) is 0. The van der Waals surface area contributed by atoms with Gasteiger partial charge in [-0.15, -0.1) is 0 Å². The van der Waals surface area contributed by atoms with Crippen molar-refractivity contribution in [3.05, 3.63) is 139 Å². The highest BCUT2D eigenvalue weighted by Gasteiger charge is 2.24. The Morgan fingerprint density at radius 3 is 1.33 bits per heavy atom. The lowest BCUT2D eigenvalue weighted by molar-refractivity contribution is 0.413. The van der Waals surface area contributed by atoms with Crippen molar-refractivity contribution in [1.82, 2.24) is 9.13 Å². The smallest absolute Gasteiger partial charge is 0.143 e. The van der Waals surface area contributed by atoms with Crippen molar-refractivity contribution >= 4 is 43.6 Å². The fourth-order valence-corrected chi connectivity index (χ4v) is 6.55. The van der Waals surface area contributed by atoms with Crippen LogP contribution >= 0.6 is 0 Å². The normalized spacial score (nSPS) is 11.4. The zero-order valence-electron chi connectivity index (χ0n) is 23.0. The fourth-order valence-electron chi connectivity index (χ4n) is 6.55. The quantitative estimate of drug-likeness (QED) is 0.224. The molecule has 0 amide bonds. The number of hydrogen-bond acceptors (Lipinski definition) is 2. The molecule has 0 saturated carbocycles. The van der Waals surface area contributed by atoms with Crippen LogP contribution in [0.15, 0.2) is 133 Å². The van der Waals surface area contributed by atoms with E-state index in [4.69, 9.17) is 4.74 Å². The van der Waals surface area contributed by atoms with Crippen molar-refractivity contribution in [1.29, 1.82) is 5.26 Å². The van der Waals surface area contributed by atoms with Gasteiger partial charge in [-0.3, -0.25) is 0 Å². The number of benzene rings is 6.